The molecule has 2 rings (SSSR count). The van der Waals surface area contributed by atoms with Crippen LogP contribution in [0.4, 0.5) is 5.82 Å². The number of nitrogens with two attached hydrogens (primary N) is 1. The first-order valence-corrected chi connectivity index (χ1v) is 8.02. The van der Waals surface area contributed by atoms with E-state index in [0.717, 1.165) is 19.4 Å². The van der Waals surface area contributed by atoms with Crippen LogP contribution < -0.4 is 16.0 Å². The number of amides is 1. The van der Waals surface area contributed by atoms with Crippen LogP contribution in [0.15, 0.2) is 18.3 Å². The van der Waals surface area contributed by atoms with E-state index in [2.05, 4.69) is 10.3 Å². The highest BCUT2D eigenvalue weighted by atomic mass is 16.5. The number of ether oxygens (including phenoxy) is 1. The minimum Gasteiger partial charge on any atom is -0.462 e. The number of hydrogen-bond donors (Lipinski definition) is 2. The Bertz CT molecular complexity index is 550. The number of nitrogens with zero attached hydrogens (tertiary/aromatic N) is 2. The van der Waals surface area contributed by atoms with Gasteiger partial charge in [-0.3, -0.25) is 4.79 Å². The van der Waals surface area contributed by atoms with Gasteiger partial charge in [-0.1, -0.05) is 0 Å². The van der Waals surface area contributed by atoms with Crippen LogP contribution in [-0.4, -0.2) is 49.6 Å². The number of anilines is 1. The molecule has 1 aromatic heterocycles. The van der Waals surface area contributed by atoms with Gasteiger partial charge in [0.2, 0.25) is 5.91 Å². The monoisotopic (exact) mass is 320 g/mol. The summed E-state index contributed by atoms with van der Waals surface area (Å²) in [6, 6.07) is 3.42. The Morgan fingerprint density at radius 1 is 1.52 bits per heavy atom. The van der Waals surface area contributed by atoms with Crippen molar-refractivity contribution >= 4 is 17.7 Å². The van der Waals surface area contributed by atoms with Gasteiger partial charge < -0.3 is 20.7 Å². The van der Waals surface area contributed by atoms with Crippen LogP contribution >= 0.6 is 0 Å². The van der Waals surface area contributed by atoms with Crippen molar-refractivity contribution in [3.8, 4) is 0 Å². The van der Waals surface area contributed by atoms with E-state index in [0.29, 0.717) is 37.6 Å². The van der Waals surface area contributed by atoms with Gasteiger partial charge in [-0.05, 0) is 31.9 Å². The van der Waals surface area contributed by atoms with Crippen molar-refractivity contribution in [1.29, 1.82) is 0 Å². The number of pyridine rings is 1. The molecule has 23 heavy (non-hydrogen) atoms. The quantitative estimate of drug-likeness (QED) is 0.743. The van der Waals surface area contributed by atoms with E-state index in [-0.39, 0.29) is 17.8 Å². The zero-order valence-corrected chi connectivity index (χ0v) is 13.5. The van der Waals surface area contributed by atoms with Gasteiger partial charge in [0.15, 0.2) is 0 Å². The summed E-state index contributed by atoms with van der Waals surface area (Å²) in [6.07, 6.45) is 3.35. The van der Waals surface area contributed by atoms with Crippen LogP contribution in [0.3, 0.4) is 0 Å². The average molecular weight is 320 g/mol. The molecule has 0 saturated carbocycles. The van der Waals surface area contributed by atoms with Crippen LogP contribution in [0.25, 0.3) is 0 Å². The average Bonchev–Trinajstić information content (AvgIpc) is 2.60. The number of hydrogen-bond acceptors (Lipinski definition) is 6. The van der Waals surface area contributed by atoms with Crippen molar-refractivity contribution in [3.05, 3.63) is 23.9 Å². The van der Waals surface area contributed by atoms with Crippen molar-refractivity contribution in [2.75, 3.05) is 37.7 Å². The summed E-state index contributed by atoms with van der Waals surface area (Å²) < 4.78 is 5.09. The van der Waals surface area contributed by atoms with Crippen molar-refractivity contribution in [1.82, 2.24) is 10.3 Å². The SMILES string of the molecule is CCOC(=O)c1cccnc1N1CCCC(C(=O)NCCN)C1. The van der Waals surface area contributed by atoms with E-state index >= 15 is 0 Å². The smallest absolute Gasteiger partial charge is 0.341 e. The highest BCUT2D eigenvalue weighted by Crippen LogP contribution is 2.25. The summed E-state index contributed by atoms with van der Waals surface area (Å²) >= 11 is 0. The Kier molecular flexibility index (Phi) is 6.34. The van der Waals surface area contributed by atoms with Gasteiger partial charge >= 0.3 is 5.97 Å². The normalized spacial score (nSPS) is 17.7. The summed E-state index contributed by atoms with van der Waals surface area (Å²) in [7, 11) is 0. The van der Waals surface area contributed by atoms with Crippen LogP contribution in [0, 0.1) is 5.92 Å². The minimum absolute atomic E-state index is 0.00812. The molecule has 3 N–H and O–H groups in total. The number of nitrogens with one attached hydrogen (secondary N) is 1. The molecule has 0 aromatic carbocycles. The first-order valence-electron chi connectivity index (χ1n) is 8.02. The Morgan fingerprint density at radius 2 is 2.35 bits per heavy atom. The zero-order valence-electron chi connectivity index (χ0n) is 13.5. The van der Waals surface area contributed by atoms with Crippen LogP contribution in [0.2, 0.25) is 0 Å². The van der Waals surface area contributed by atoms with Gasteiger partial charge in [-0.15, -0.1) is 0 Å². The molecule has 1 unspecified atom stereocenters. The topological polar surface area (TPSA) is 97.5 Å². The third-order valence-corrected chi connectivity index (χ3v) is 3.82. The lowest BCUT2D eigenvalue weighted by Crippen LogP contribution is -2.44. The minimum atomic E-state index is -0.384. The molecule has 1 aliphatic heterocycles. The molecule has 0 spiro atoms. The molecular formula is C16H24N4O3. The lowest BCUT2D eigenvalue weighted by Gasteiger charge is -2.33. The van der Waals surface area contributed by atoms with Crippen LogP contribution in [-0.2, 0) is 9.53 Å². The predicted molar refractivity (Wildman–Crippen MR) is 87.2 cm³/mol. The van der Waals surface area contributed by atoms with E-state index < -0.39 is 0 Å². The molecule has 0 aliphatic carbocycles. The van der Waals surface area contributed by atoms with Crippen molar-refractivity contribution in [3.63, 3.8) is 0 Å². The number of rotatable bonds is 6. The maximum atomic E-state index is 12.1. The number of piperidine rings is 1. The Morgan fingerprint density at radius 3 is 3.09 bits per heavy atom. The third kappa shape index (κ3) is 4.41. The Hall–Kier alpha value is -2.15. The molecular weight excluding hydrogens is 296 g/mol. The van der Waals surface area contributed by atoms with Gasteiger partial charge in [0.25, 0.3) is 0 Å². The number of carbonyl (C=O) groups is 2. The fourth-order valence-electron chi connectivity index (χ4n) is 2.74. The number of esters is 1. The standard InChI is InChI=1S/C16H24N4O3/c1-2-23-16(22)13-6-3-8-18-14(13)20-10-4-5-12(11-20)15(21)19-9-7-17/h3,6,8,12H,2,4-5,7,9-11,17H2,1H3,(H,19,21). The second-order valence-electron chi connectivity index (χ2n) is 5.46. The van der Waals surface area contributed by atoms with Gasteiger partial charge in [-0.25, -0.2) is 9.78 Å². The van der Waals surface area contributed by atoms with Crippen molar-refractivity contribution in [2.24, 2.45) is 11.7 Å². The van der Waals surface area contributed by atoms with Gasteiger partial charge in [0.1, 0.15) is 11.4 Å². The highest BCUT2D eigenvalue weighted by Gasteiger charge is 2.28. The molecule has 1 amide bonds. The molecule has 1 aromatic rings. The fourth-order valence-corrected chi connectivity index (χ4v) is 2.74. The predicted octanol–water partition coefficient (Wildman–Crippen LogP) is 0.550. The highest BCUT2D eigenvalue weighted by molar-refractivity contribution is 5.95. The van der Waals surface area contributed by atoms with E-state index in [1.807, 2.05) is 4.90 Å². The lowest BCUT2D eigenvalue weighted by atomic mass is 9.96. The summed E-state index contributed by atoms with van der Waals surface area (Å²) in [5, 5.41) is 2.83. The van der Waals surface area contributed by atoms with E-state index in [9.17, 15) is 9.59 Å². The van der Waals surface area contributed by atoms with E-state index in [4.69, 9.17) is 10.5 Å². The molecule has 7 nitrogen and oxygen atoms in total. The molecule has 0 radical (unpaired) electrons. The van der Waals surface area contributed by atoms with Crippen molar-refractivity contribution in [2.45, 2.75) is 19.8 Å². The molecule has 7 heteroatoms. The van der Waals surface area contributed by atoms with Gasteiger partial charge in [-0.2, -0.15) is 0 Å². The molecule has 1 atom stereocenters. The first-order chi connectivity index (χ1) is 11.2. The largest absolute Gasteiger partial charge is 0.462 e. The third-order valence-electron chi connectivity index (χ3n) is 3.82. The first kappa shape index (κ1) is 17.2. The molecule has 0 bridgehead atoms. The fraction of sp³-hybridized carbons (Fsp3) is 0.562. The number of aromatic nitrogens is 1. The molecule has 2 heterocycles. The van der Waals surface area contributed by atoms with Crippen molar-refractivity contribution < 1.29 is 14.3 Å². The van der Waals surface area contributed by atoms with E-state index in [1.165, 1.54) is 0 Å². The van der Waals surface area contributed by atoms with Gasteiger partial charge in [0.05, 0.1) is 12.5 Å². The maximum absolute atomic E-state index is 12.1. The summed E-state index contributed by atoms with van der Waals surface area (Å²) in [5.74, 6) is 0.0914. The summed E-state index contributed by atoms with van der Waals surface area (Å²) in [4.78, 5) is 30.6. The number of carbonyl (C=O) groups excluding carboxylic acids is 2. The van der Waals surface area contributed by atoms with Crippen LogP contribution in [0.5, 0.6) is 0 Å². The molecule has 1 saturated heterocycles. The summed E-state index contributed by atoms with van der Waals surface area (Å²) in [5.41, 5.74) is 5.86. The zero-order chi connectivity index (χ0) is 16.7. The molecule has 1 fully saturated rings. The van der Waals surface area contributed by atoms with Crippen LogP contribution in [0.1, 0.15) is 30.1 Å². The van der Waals surface area contributed by atoms with Gasteiger partial charge in [0, 0.05) is 32.4 Å². The molecule has 1 aliphatic rings. The summed E-state index contributed by atoms with van der Waals surface area (Å²) in [6.45, 7) is 4.30. The lowest BCUT2D eigenvalue weighted by molar-refractivity contribution is -0.125. The Balaban J connectivity index is 2.12. The molecule has 126 valence electrons. The van der Waals surface area contributed by atoms with E-state index in [1.54, 1.807) is 25.3 Å². The second-order valence-corrected chi connectivity index (χ2v) is 5.46. The second kappa shape index (κ2) is 8.47. The Labute approximate surface area is 136 Å². The maximum Gasteiger partial charge on any atom is 0.341 e.